The van der Waals surface area contributed by atoms with Gasteiger partial charge in [0, 0.05) is 50.7 Å². The lowest BCUT2D eigenvalue weighted by Gasteiger charge is -2.64. The first-order valence-corrected chi connectivity index (χ1v) is 24.5. The van der Waals surface area contributed by atoms with Crippen molar-refractivity contribution in [3.05, 3.63) is 0 Å². The Labute approximate surface area is 373 Å². The number of nitrogens with two attached hydrogens (primary N) is 2. The lowest BCUT2D eigenvalue weighted by Crippen LogP contribution is -2.65. The summed E-state index contributed by atoms with van der Waals surface area (Å²) < 4.78 is 13.1. The van der Waals surface area contributed by atoms with E-state index < -0.39 is 54.7 Å². The van der Waals surface area contributed by atoms with Gasteiger partial charge in [-0.1, -0.05) is 73.1 Å². The van der Waals surface area contributed by atoms with Crippen LogP contribution in [0.25, 0.3) is 0 Å². The number of carbonyl (C=O) groups is 5. The van der Waals surface area contributed by atoms with Crippen molar-refractivity contribution in [2.45, 2.75) is 199 Å². The lowest BCUT2D eigenvalue weighted by molar-refractivity contribution is -0.199. The SMILES string of the molecule is CCCCCCCCN1CCNC(C(=O)C[C@@H](CCCCN)C(=O)N[C@H](C(=O)C[C@@H](C)C(=O)N[C@@H](CCCCN)C(=O)C[C@@H](C)B2O[C@@H]3C[C@@H]4C[C@@H](C4(C)C)[C@]3(C)O2)[C@@H](C)O)C1. The Hall–Kier alpha value is -2.27. The second-order valence-corrected chi connectivity index (χ2v) is 20.4. The molecule has 0 radical (unpaired) electrons. The highest BCUT2D eigenvalue weighted by molar-refractivity contribution is 6.47. The van der Waals surface area contributed by atoms with Crippen LogP contribution in [0.2, 0.25) is 5.82 Å². The molecular weight excluding hydrogens is 787 g/mol. The molecule has 0 spiro atoms. The first kappa shape index (κ1) is 52.4. The Morgan fingerprint density at radius 3 is 2.18 bits per heavy atom. The van der Waals surface area contributed by atoms with E-state index in [4.69, 9.17) is 20.8 Å². The Balaban J connectivity index is 1.31. The van der Waals surface area contributed by atoms with Crippen LogP contribution in [-0.4, -0.2) is 121 Å². The largest absolute Gasteiger partial charge is 0.461 e. The molecule has 62 heavy (non-hydrogen) atoms. The van der Waals surface area contributed by atoms with Crippen molar-refractivity contribution in [3.63, 3.8) is 0 Å². The molecule has 11 atom stereocenters. The third kappa shape index (κ3) is 14.1. The summed E-state index contributed by atoms with van der Waals surface area (Å²) in [4.78, 5) is 71.1. The van der Waals surface area contributed by atoms with Crippen molar-refractivity contribution in [1.29, 1.82) is 0 Å². The summed E-state index contributed by atoms with van der Waals surface area (Å²) in [7, 11) is -0.513. The topological polar surface area (TPSA) is 215 Å². The highest BCUT2D eigenvalue weighted by atomic mass is 16.7. The van der Waals surface area contributed by atoms with Crippen molar-refractivity contribution in [2.75, 3.05) is 39.3 Å². The van der Waals surface area contributed by atoms with E-state index in [-0.39, 0.29) is 59.8 Å². The number of hydrogen-bond acceptors (Lipinski definition) is 12. The van der Waals surface area contributed by atoms with Crippen LogP contribution in [-0.2, 0) is 33.3 Å². The van der Waals surface area contributed by atoms with Gasteiger partial charge in [0.2, 0.25) is 11.8 Å². The van der Waals surface area contributed by atoms with E-state index in [1.165, 1.54) is 39.0 Å². The standard InChI is InChI=1S/C47H85BN6O8/c1-8-9-10-11-12-17-23-54-24-22-51-37(30-54)39(57)27-34(18-13-15-20-49)45(60)53-43(33(4)55)40(58)25-31(2)44(59)52-36(19-14-16-21-50)38(56)26-32(3)48-61-42-29-35-28-41(46(35,5)6)47(42,7)62-48/h31-37,41-43,51,55H,8-30,49-50H2,1-7H3,(H,52,59)(H,53,60)/t31-,32-,33-,34-,35+,36+,37?,41+,42-,43+,47+/m1/s1. The van der Waals surface area contributed by atoms with Crippen molar-refractivity contribution in [1.82, 2.24) is 20.9 Å². The van der Waals surface area contributed by atoms with E-state index in [1.54, 1.807) is 6.92 Å². The van der Waals surface area contributed by atoms with E-state index in [2.05, 4.69) is 48.5 Å². The first-order chi connectivity index (χ1) is 29.5. The maximum absolute atomic E-state index is 13.9. The van der Waals surface area contributed by atoms with Crippen molar-refractivity contribution in [2.24, 2.45) is 40.6 Å². The second kappa shape index (κ2) is 24.9. The Bertz CT molecular complexity index is 1470. The Kier molecular flexibility index (Phi) is 21.0. The second-order valence-electron chi connectivity index (χ2n) is 20.4. The molecule has 15 heteroatoms. The molecule has 2 heterocycles. The molecular formula is C47H85BN6O8. The van der Waals surface area contributed by atoms with Crippen LogP contribution in [0.1, 0.15) is 158 Å². The summed E-state index contributed by atoms with van der Waals surface area (Å²) in [5.74, 6) is -2.38. The highest BCUT2D eigenvalue weighted by Gasteiger charge is 2.68. The molecule has 0 aromatic heterocycles. The molecule has 5 aliphatic rings. The quantitative estimate of drug-likeness (QED) is 0.0436. The van der Waals surface area contributed by atoms with Crippen LogP contribution >= 0.6 is 0 Å². The van der Waals surface area contributed by atoms with Gasteiger partial charge in [-0.15, -0.1) is 0 Å². The van der Waals surface area contributed by atoms with Crippen LogP contribution in [0.4, 0.5) is 0 Å². The fourth-order valence-electron chi connectivity index (χ4n) is 10.7. The molecule has 354 valence electrons. The fraction of sp³-hybridized carbons (Fsp3) is 0.894. The normalized spacial score (nSPS) is 27.2. The number of amides is 2. The molecule has 14 nitrogen and oxygen atoms in total. The molecule has 2 bridgehead atoms. The van der Waals surface area contributed by atoms with Gasteiger partial charge in [-0.2, -0.15) is 0 Å². The van der Waals surface area contributed by atoms with Crippen LogP contribution in [0.15, 0.2) is 0 Å². The van der Waals surface area contributed by atoms with Crippen LogP contribution in [0.3, 0.4) is 0 Å². The number of Topliss-reactive ketones (excluding diaryl/α,β-unsaturated/α-hetero) is 3. The minimum Gasteiger partial charge on any atom is -0.405 e. The number of piperazine rings is 1. The minimum absolute atomic E-state index is 0.00441. The van der Waals surface area contributed by atoms with E-state index in [0.29, 0.717) is 76.5 Å². The summed E-state index contributed by atoms with van der Waals surface area (Å²) in [6.45, 7) is 18.0. The smallest absolute Gasteiger partial charge is 0.405 e. The van der Waals surface area contributed by atoms with Crippen LogP contribution in [0, 0.1) is 29.1 Å². The van der Waals surface area contributed by atoms with E-state index in [0.717, 1.165) is 32.4 Å². The van der Waals surface area contributed by atoms with Gasteiger partial charge in [-0.05, 0) is 108 Å². The fourth-order valence-corrected chi connectivity index (χ4v) is 10.7. The molecule has 0 aromatic carbocycles. The molecule has 2 saturated heterocycles. The average molecular weight is 873 g/mol. The zero-order chi connectivity index (χ0) is 45.6. The molecule has 3 saturated carbocycles. The summed E-state index contributed by atoms with van der Waals surface area (Å²) in [6.07, 6.45) is 11.5. The summed E-state index contributed by atoms with van der Waals surface area (Å²) >= 11 is 0. The maximum Gasteiger partial charge on any atom is 0.461 e. The van der Waals surface area contributed by atoms with Crippen LogP contribution in [0.5, 0.6) is 0 Å². The van der Waals surface area contributed by atoms with Gasteiger partial charge in [0.15, 0.2) is 17.3 Å². The number of aliphatic hydroxyl groups is 1. The zero-order valence-corrected chi connectivity index (χ0v) is 39.5. The predicted octanol–water partition coefficient (Wildman–Crippen LogP) is 4.48. The van der Waals surface area contributed by atoms with Gasteiger partial charge in [-0.3, -0.25) is 24.0 Å². The van der Waals surface area contributed by atoms with Crippen LogP contribution < -0.4 is 27.4 Å². The van der Waals surface area contributed by atoms with Gasteiger partial charge in [0.1, 0.15) is 6.04 Å². The zero-order valence-electron chi connectivity index (χ0n) is 39.5. The lowest BCUT2D eigenvalue weighted by atomic mass is 9.43. The van der Waals surface area contributed by atoms with E-state index in [1.807, 2.05) is 6.92 Å². The molecule has 2 aliphatic heterocycles. The highest BCUT2D eigenvalue weighted by Crippen LogP contribution is 2.66. The molecule has 2 amide bonds. The number of nitrogens with zero attached hydrogens (tertiary/aromatic N) is 1. The van der Waals surface area contributed by atoms with E-state index in [9.17, 15) is 29.1 Å². The Morgan fingerprint density at radius 2 is 1.52 bits per heavy atom. The Morgan fingerprint density at radius 1 is 0.839 bits per heavy atom. The third-order valence-corrected chi connectivity index (χ3v) is 15.0. The molecule has 3 aliphatic carbocycles. The van der Waals surface area contributed by atoms with Gasteiger partial charge >= 0.3 is 7.12 Å². The van der Waals surface area contributed by atoms with Crippen molar-refractivity contribution in [3.8, 4) is 0 Å². The monoisotopic (exact) mass is 873 g/mol. The first-order valence-electron chi connectivity index (χ1n) is 24.5. The molecule has 5 fully saturated rings. The summed E-state index contributed by atoms with van der Waals surface area (Å²) in [5.41, 5.74) is 11.4. The number of unbranched alkanes of at least 4 members (excludes halogenated alkanes) is 7. The third-order valence-electron chi connectivity index (χ3n) is 15.0. The van der Waals surface area contributed by atoms with E-state index >= 15 is 0 Å². The number of aliphatic hydroxyl groups excluding tert-OH is 1. The number of rotatable bonds is 30. The maximum atomic E-state index is 13.9. The number of hydrogen-bond donors (Lipinski definition) is 6. The van der Waals surface area contributed by atoms with Crippen molar-refractivity contribution < 1.29 is 38.4 Å². The summed E-state index contributed by atoms with van der Waals surface area (Å²) in [6, 6.07) is -2.44. The number of ketones is 3. The van der Waals surface area contributed by atoms with Gasteiger partial charge in [-0.25, -0.2) is 0 Å². The minimum atomic E-state index is -1.28. The van der Waals surface area contributed by atoms with Crippen molar-refractivity contribution >= 4 is 36.3 Å². The molecule has 0 aromatic rings. The molecule has 1 unspecified atom stereocenters. The molecule has 8 N–H and O–H groups in total. The van der Waals surface area contributed by atoms with Gasteiger partial charge < -0.3 is 46.7 Å². The average Bonchev–Trinajstić information content (AvgIpc) is 3.60. The van der Waals surface area contributed by atoms with Gasteiger partial charge in [0.05, 0.1) is 29.9 Å². The molecule has 5 rings (SSSR count). The number of carbonyl (C=O) groups excluding carboxylic acids is 5. The number of nitrogens with one attached hydrogen (secondary N) is 3. The summed E-state index contributed by atoms with van der Waals surface area (Å²) in [5, 5.41) is 19.8. The van der Waals surface area contributed by atoms with Gasteiger partial charge in [0.25, 0.3) is 0 Å². The predicted molar refractivity (Wildman–Crippen MR) is 244 cm³/mol.